The van der Waals surface area contributed by atoms with Crippen LogP contribution >= 0.6 is 0 Å². The van der Waals surface area contributed by atoms with Gasteiger partial charge in [0, 0.05) is 0 Å². The number of aliphatic carboxylic acids is 2. The van der Waals surface area contributed by atoms with Gasteiger partial charge in [0.1, 0.15) is 6.04 Å². The average molecular weight is 317 g/mol. The van der Waals surface area contributed by atoms with Crippen molar-refractivity contribution in [2.75, 3.05) is 0 Å². The van der Waals surface area contributed by atoms with E-state index in [-0.39, 0.29) is 5.56 Å². The predicted molar refractivity (Wildman–Crippen MR) is 67.4 cm³/mol. The van der Waals surface area contributed by atoms with Gasteiger partial charge in [0.25, 0.3) is 0 Å². The van der Waals surface area contributed by atoms with Crippen molar-refractivity contribution in [3.8, 4) is 0 Å². The molecule has 0 spiro atoms. The number of nitrogens with one attached hydrogen (secondary N) is 1. The molecule has 0 heterocycles. The second kappa shape index (κ2) is 6.33. The average Bonchev–Trinajstić information content (AvgIpc) is 2.37. The molecule has 0 aromatic heterocycles. The van der Waals surface area contributed by atoms with Crippen molar-refractivity contribution in [2.24, 2.45) is 0 Å². The lowest BCUT2D eigenvalue weighted by Gasteiger charge is -2.13. The van der Waals surface area contributed by atoms with Crippen LogP contribution in [0.1, 0.15) is 16.8 Å². The molecule has 0 unspecified atom stereocenters. The Kier molecular flexibility index (Phi) is 5.00. The van der Waals surface area contributed by atoms with Crippen LogP contribution < -0.4 is 4.72 Å². The number of carbonyl (C=O) groups is 3. The molecule has 10 heteroatoms. The van der Waals surface area contributed by atoms with E-state index in [1.807, 2.05) is 0 Å². The highest BCUT2D eigenvalue weighted by molar-refractivity contribution is 7.89. The largest absolute Gasteiger partial charge is 0.481 e. The van der Waals surface area contributed by atoms with Crippen LogP contribution in [-0.4, -0.2) is 47.7 Å². The van der Waals surface area contributed by atoms with Crippen molar-refractivity contribution in [1.29, 1.82) is 0 Å². The summed E-state index contributed by atoms with van der Waals surface area (Å²) in [6, 6.07) is 2.37. The van der Waals surface area contributed by atoms with Crippen LogP contribution in [0.2, 0.25) is 0 Å². The third-order valence-corrected chi connectivity index (χ3v) is 3.83. The SMILES string of the molecule is O=C(O)C[C@H](NS(=O)(=O)c1cccc(C(=O)O)c1)C(=O)O. The standard InChI is InChI=1S/C11H11NO8S/c13-9(14)5-8(11(17)18)12-21(19,20)7-3-1-2-6(4-7)10(15)16/h1-4,8,12H,5H2,(H,13,14)(H,15,16)(H,17,18)/t8-/m0/s1. The van der Waals surface area contributed by atoms with Crippen molar-refractivity contribution in [2.45, 2.75) is 17.4 Å². The van der Waals surface area contributed by atoms with E-state index in [0.29, 0.717) is 0 Å². The van der Waals surface area contributed by atoms with Gasteiger partial charge >= 0.3 is 17.9 Å². The van der Waals surface area contributed by atoms with E-state index in [9.17, 15) is 22.8 Å². The van der Waals surface area contributed by atoms with E-state index in [4.69, 9.17) is 15.3 Å². The normalized spacial score (nSPS) is 12.6. The number of sulfonamides is 1. The number of aromatic carboxylic acids is 1. The Hall–Kier alpha value is -2.46. The first kappa shape index (κ1) is 16.6. The summed E-state index contributed by atoms with van der Waals surface area (Å²) in [5.74, 6) is -4.51. The first-order valence-corrected chi connectivity index (χ1v) is 6.92. The van der Waals surface area contributed by atoms with E-state index in [1.165, 1.54) is 6.07 Å². The zero-order valence-electron chi connectivity index (χ0n) is 10.4. The summed E-state index contributed by atoms with van der Waals surface area (Å²) >= 11 is 0. The van der Waals surface area contributed by atoms with Crippen LogP contribution in [0.25, 0.3) is 0 Å². The molecule has 1 atom stereocenters. The Morgan fingerprint density at radius 3 is 2.24 bits per heavy atom. The van der Waals surface area contributed by atoms with E-state index < -0.39 is 45.3 Å². The fraction of sp³-hybridized carbons (Fsp3) is 0.182. The smallest absolute Gasteiger partial charge is 0.335 e. The second-order valence-corrected chi connectivity index (χ2v) is 5.66. The zero-order chi connectivity index (χ0) is 16.2. The van der Waals surface area contributed by atoms with E-state index >= 15 is 0 Å². The molecular formula is C11H11NO8S. The van der Waals surface area contributed by atoms with Crippen LogP contribution in [0.5, 0.6) is 0 Å². The molecule has 0 aliphatic carbocycles. The van der Waals surface area contributed by atoms with Gasteiger partial charge in [-0.25, -0.2) is 13.2 Å². The highest BCUT2D eigenvalue weighted by Crippen LogP contribution is 2.13. The van der Waals surface area contributed by atoms with Crippen molar-refractivity contribution in [3.63, 3.8) is 0 Å². The number of hydrogen-bond acceptors (Lipinski definition) is 5. The van der Waals surface area contributed by atoms with E-state index in [1.54, 1.807) is 4.72 Å². The van der Waals surface area contributed by atoms with Gasteiger partial charge in [0.05, 0.1) is 16.9 Å². The molecule has 1 aromatic carbocycles. The molecule has 0 aliphatic heterocycles. The summed E-state index contributed by atoms with van der Waals surface area (Å²) in [5.41, 5.74) is -0.303. The lowest BCUT2D eigenvalue weighted by molar-refractivity contribution is -0.145. The van der Waals surface area contributed by atoms with Crippen LogP contribution in [0.3, 0.4) is 0 Å². The van der Waals surface area contributed by atoms with Gasteiger partial charge in [0.2, 0.25) is 10.0 Å². The Bertz CT molecular complexity index is 681. The number of rotatable bonds is 7. The molecule has 0 aliphatic rings. The fourth-order valence-electron chi connectivity index (χ4n) is 1.41. The highest BCUT2D eigenvalue weighted by Gasteiger charge is 2.27. The van der Waals surface area contributed by atoms with Crippen molar-refractivity contribution < 1.29 is 38.1 Å². The predicted octanol–water partition coefficient (Wildman–Crippen LogP) is -0.409. The molecule has 0 saturated carbocycles. The molecule has 21 heavy (non-hydrogen) atoms. The summed E-state index contributed by atoms with van der Waals surface area (Å²) < 4.78 is 25.6. The maximum atomic E-state index is 11.9. The van der Waals surface area contributed by atoms with Gasteiger partial charge in [-0.1, -0.05) is 6.07 Å². The monoisotopic (exact) mass is 317 g/mol. The summed E-state index contributed by atoms with van der Waals surface area (Å²) in [6.07, 6.45) is -0.951. The van der Waals surface area contributed by atoms with Gasteiger partial charge in [-0.15, -0.1) is 0 Å². The van der Waals surface area contributed by atoms with Gasteiger partial charge in [-0.3, -0.25) is 9.59 Å². The number of hydrogen-bond donors (Lipinski definition) is 4. The van der Waals surface area contributed by atoms with E-state index in [2.05, 4.69) is 0 Å². The third kappa shape index (κ3) is 4.54. The van der Waals surface area contributed by atoms with Crippen molar-refractivity contribution in [1.82, 2.24) is 4.72 Å². The van der Waals surface area contributed by atoms with Crippen LogP contribution in [0.4, 0.5) is 0 Å². The van der Waals surface area contributed by atoms with Crippen LogP contribution in [-0.2, 0) is 19.6 Å². The second-order valence-electron chi connectivity index (χ2n) is 3.94. The van der Waals surface area contributed by atoms with Gasteiger partial charge in [0.15, 0.2) is 0 Å². The molecule has 0 amide bonds. The molecule has 0 radical (unpaired) electrons. The fourth-order valence-corrected chi connectivity index (χ4v) is 2.64. The summed E-state index contributed by atoms with van der Waals surface area (Å²) in [7, 11) is -4.36. The van der Waals surface area contributed by atoms with Crippen molar-refractivity contribution in [3.05, 3.63) is 29.8 Å². The summed E-state index contributed by atoms with van der Waals surface area (Å²) in [4.78, 5) is 31.6. The molecule has 114 valence electrons. The van der Waals surface area contributed by atoms with Crippen LogP contribution in [0.15, 0.2) is 29.2 Å². The molecule has 9 nitrogen and oxygen atoms in total. The highest BCUT2D eigenvalue weighted by atomic mass is 32.2. The number of carboxylic acid groups (broad SMARTS) is 3. The zero-order valence-corrected chi connectivity index (χ0v) is 11.2. The molecule has 4 N–H and O–H groups in total. The topological polar surface area (TPSA) is 158 Å². The Morgan fingerprint density at radius 1 is 1.14 bits per heavy atom. The lowest BCUT2D eigenvalue weighted by Crippen LogP contribution is -2.42. The summed E-state index contributed by atoms with van der Waals surface area (Å²) in [6.45, 7) is 0. The number of carboxylic acids is 3. The first-order chi connectivity index (χ1) is 9.63. The Morgan fingerprint density at radius 2 is 1.76 bits per heavy atom. The minimum Gasteiger partial charge on any atom is -0.481 e. The first-order valence-electron chi connectivity index (χ1n) is 5.44. The quantitative estimate of drug-likeness (QED) is 0.528. The van der Waals surface area contributed by atoms with Gasteiger partial charge < -0.3 is 15.3 Å². The third-order valence-electron chi connectivity index (χ3n) is 2.37. The minimum absolute atomic E-state index is 0.303. The maximum absolute atomic E-state index is 11.9. The molecule has 1 aromatic rings. The summed E-state index contributed by atoms with van der Waals surface area (Å²) in [5, 5.41) is 26.1. The molecule has 0 fully saturated rings. The van der Waals surface area contributed by atoms with Crippen LogP contribution in [0, 0.1) is 0 Å². The molecule has 1 rings (SSSR count). The Labute approximate surface area is 118 Å². The minimum atomic E-state index is -4.36. The molecular weight excluding hydrogens is 306 g/mol. The van der Waals surface area contributed by atoms with E-state index in [0.717, 1.165) is 18.2 Å². The van der Waals surface area contributed by atoms with Gasteiger partial charge in [-0.05, 0) is 18.2 Å². The molecule has 0 bridgehead atoms. The molecule has 0 saturated heterocycles. The lowest BCUT2D eigenvalue weighted by atomic mass is 10.2. The van der Waals surface area contributed by atoms with Gasteiger partial charge in [-0.2, -0.15) is 4.72 Å². The maximum Gasteiger partial charge on any atom is 0.335 e. The number of benzene rings is 1. The van der Waals surface area contributed by atoms with Crippen molar-refractivity contribution >= 4 is 27.9 Å². The Balaban J connectivity index is 3.10.